The Balaban J connectivity index is 2.93. The van der Waals surface area contributed by atoms with Crippen molar-refractivity contribution in [1.29, 1.82) is 0 Å². The van der Waals surface area contributed by atoms with Crippen LogP contribution >= 0.6 is 0 Å². The minimum absolute atomic E-state index is 0.369. The maximum atomic E-state index is 12.9. The quantitative estimate of drug-likeness (QED) is 0.753. The lowest BCUT2D eigenvalue weighted by Gasteiger charge is -2.14. The third-order valence-electron chi connectivity index (χ3n) is 1.87. The van der Waals surface area contributed by atoms with Gasteiger partial charge >= 0.3 is 0 Å². The fourth-order valence-corrected chi connectivity index (χ4v) is 1.27. The lowest BCUT2D eigenvalue weighted by molar-refractivity contribution is -0.120. The van der Waals surface area contributed by atoms with E-state index in [4.69, 9.17) is 5.73 Å². The highest BCUT2D eigenvalue weighted by Gasteiger charge is 2.16. The topological polar surface area (TPSA) is 55.1 Å². The lowest BCUT2D eigenvalue weighted by Crippen LogP contribution is -2.33. The average Bonchev–Trinajstić information content (AvgIpc) is 2.13. The highest BCUT2D eigenvalue weighted by Crippen LogP contribution is 2.13. The zero-order valence-electron chi connectivity index (χ0n) is 7.96. The zero-order valence-corrected chi connectivity index (χ0v) is 7.96. The summed E-state index contributed by atoms with van der Waals surface area (Å²) in [5.41, 5.74) is 5.74. The van der Waals surface area contributed by atoms with Crippen molar-refractivity contribution in [1.82, 2.24) is 5.32 Å². The van der Waals surface area contributed by atoms with Crippen molar-refractivity contribution < 1.29 is 9.18 Å². The molecule has 0 aliphatic rings. The predicted octanol–water partition coefficient (Wildman–Crippen LogP) is 0.962. The van der Waals surface area contributed by atoms with Crippen LogP contribution in [0.1, 0.15) is 18.5 Å². The molecule has 0 aliphatic heterocycles. The lowest BCUT2D eigenvalue weighted by atomic mass is 10.1. The fourth-order valence-electron chi connectivity index (χ4n) is 1.27. The second-order valence-electron chi connectivity index (χ2n) is 2.95. The van der Waals surface area contributed by atoms with E-state index in [1.54, 1.807) is 12.1 Å². The number of rotatable bonds is 4. The number of likely N-dealkylation sites (N-methyl/N-ethyl adjacent to an activating group) is 1. The molecule has 4 heteroatoms. The summed E-state index contributed by atoms with van der Waals surface area (Å²) < 4.78 is 12.9. The zero-order chi connectivity index (χ0) is 10.6. The van der Waals surface area contributed by atoms with Crippen LogP contribution in [0.4, 0.5) is 4.39 Å². The van der Waals surface area contributed by atoms with E-state index in [-0.39, 0.29) is 5.82 Å². The number of carbonyl (C=O) groups is 1. The Kier molecular flexibility index (Phi) is 3.59. The molecule has 0 radical (unpaired) electrons. The maximum Gasteiger partial charge on any atom is 0.239 e. The number of nitrogens with two attached hydrogens (primary N) is 1. The first kappa shape index (κ1) is 10.7. The predicted molar refractivity (Wildman–Crippen MR) is 52.0 cm³/mol. The third kappa shape index (κ3) is 2.53. The maximum absolute atomic E-state index is 12.9. The standard InChI is InChI=1S/C10H13FN2O/c1-2-13-9(10(12)14)7-4-3-5-8(11)6-7/h3-6,9,13H,2H2,1H3,(H2,12,14). The highest BCUT2D eigenvalue weighted by atomic mass is 19.1. The van der Waals surface area contributed by atoms with E-state index in [0.717, 1.165) is 0 Å². The molecule has 0 aromatic heterocycles. The van der Waals surface area contributed by atoms with Gasteiger partial charge in [-0.3, -0.25) is 4.79 Å². The van der Waals surface area contributed by atoms with Crippen molar-refractivity contribution in [3.8, 4) is 0 Å². The van der Waals surface area contributed by atoms with Gasteiger partial charge in [0.15, 0.2) is 0 Å². The number of nitrogens with one attached hydrogen (secondary N) is 1. The van der Waals surface area contributed by atoms with Gasteiger partial charge < -0.3 is 11.1 Å². The Hall–Kier alpha value is -1.42. The number of halogens is 1. The van der Waals surface area contributed by atoms with Crippen LogP contribution < -0.4 is 11.1 Å². The molecular weight excluding hydrogens is 183 g/mol. The molecule has 1 unspecified atom stereocenters. The van der Waals surface area contributed by atoms with E-state index in [2.05, 4.69) is 5.32 Å². The van der Waals surface area contributed by atoms with Crippen molar-refractivity contribution in [2.75, 3.05) is 6.54 Å². The second kappa shape index (κ2) is 4.72. The van der Waals surface area contributed by atoms with Crippen LogP contribution in [-0.4, -0.2) is 12.5 Å². The molecule has 0 aliphatic carbocycles. The summed E-state index contributed by atoms with van der Waals surface area (Å²) in [4.78, 5) is 11.0. The Bertz CT molecular complexity index is 328. The van der Waals surface area contributed by atoms with Crippen LogP contribution in [0.5, 0.6) is 0 Å². The Morgan fingerprint density at radius 1 is 1.64 bits per heavy atom. The summed E-state index contributed by atoms with van der Waals surface area (Å²) in [6.45, 7) is 2.46. The number of benzene rings is 1. The molecule has 0 bridgehead atoms. The average molecular weight is 196 g/mol. The van der Waals surface area contributed by atoms with Gasteiger partial charge in [-0.05, 0) is 24.2 Å². The van der Waals surface area contributed by atoms with Crippen LogP contribution in [0.2, 0.25) is 0 Å². The minimum Gasteiger partial charge on any atom is -0.368 e. The van der Waals surface area contributed by atoms with E-state index in [9.17, 15) is 9.18 Å². The summed E-state index contributed by atoms with van der Waals surface area (Å²) in [5, 5.41) is 2.88. The molecule has 0 saturated heterocycles. The van der Waals surface area contributed by atoms with E-state index >= 15 is 0 Å². The molecule has 0 fully saturated rings. The van der Waals surface area contributed by atoms with E-state index in [1.165, 1.54) is 12.1 Å². The van der Waals surface area contributed by atoms with Gasteiger partial charge in [0.05, 0.1) is 0 Å². The van der Waals surface area contributed by atoms with Crippen LogP contribution in [0.3, 0.4) is 0 Å². The number of carbonyl (C=O) groups excluding carboxylic acids is 1. The molecular formula is C10H13FN2O. The summed E-state index contributed by atoms with van der Waals surface area (Å²) >= 11 is 0. The monoisotopic (exact) mass is 196 g/mol. The fraction of sp³-hybridized carbons (Fsp3) is 0.300. The molecule has 3 nitrogen and oxygen atoms in total. The normalized spacial score (nSPS) is 12.4. The second-order valence-corrected chi connectivity index (χ2v) is 2.95. The number of primary amides is 1. The first-order valence-electron chi connectivity index (χ1n) is 4.43. The summed E-state index contributed by atoms with van der Waals surface area (Å²) in [6, 6.07) is 5.24. The van der Waals surface area contributed by atoms with Gasteiger partial charge in [0.2, 0.25) is 5.91 Å². The van der Waals surface area contributed by atoms with Crippen LogP contribution in [0, 0.1) is 5.82 Å². The molecule has 0 heterocycles. The van der Waals surface area contributed by atoms with Gasteiger partial charge in [0, 0.05) is 0 Å². The van der Waals surface area contributed by atoms with Crippen molar-refractivity contribution in [2.24, 2.45) is 5.73 Å². The van der Waals surface area contributed by atoms with Crippen LogP contribution in [-0.2, 0) is 4.79 Å². The Morgan fingerprint density at radius 2 is 2.36 bits per heavy atom. The summed E-state index contributed by atoms with van der Waals surface area (Å²) in [7, 11) is 0. The van der Waals surface area contributed by atoms with Gasteiger partial charge in [-0.1, -0.05) is 19.1 Å². The van der Waals surface area contributed by atoms with Crippen molar-refractivity contribution in [2.45, 2.75) is 13.0 Å². The molecule has 1 amide bonds. The Morgan fingerprint density at radius 3 is 2.86 bits per heavy atom. The first-order chi connectivity index (χ1) is 6.65. The molecule has 1 aromatic carbocycles. The molecule has 1 rings (SSSR count). The van der Waals surface area contributed by atoms with E-state index in [1.807, 2.05) is 6.92 Å². The first-order valence-corrected chi connectivity index (χ1v) is 4.43. The number of hydrogen-bond donors (Lipinski definition) is 2. The summed E-state index contributed by atoms with van der Waals surface area (Å²) in [5.74, 6) is -0.871. The van der Waals surface area contributed by atoms with Crippen LogP contribution in [0.25, 0.3) is 0 Å². The molecule has 1 aromatic rings. The van der Waals surface area contributed by atoms with Gasteiger partial charge in [0.1, 0.15) is 11.9 Å². The molecule has 0 spiro atoms. The van der Waals surface area contributed by atoms with Crippen LogP contribution in [0.15, 0.2) is 24.3 Å². The molecule has 0 saturated carbocycles. The Labute approximate surface area is 82.1 Å². The van der Waals surface area contributed by atoms with Gasteiger partial charge in [0.25, 0.3) is 0 Å². The van der Waals surface area contributed by atoms with Gasteiger partial charge in [-0.15, -0.1) is 0 Å². The minimum atomic E-state index is -0.615. The molecule has 76 valence electrons. The van der Waals surface area contributed by atoms with Crippen molar-refractivity contribution in [3.63, 3.8) is 0 Å². The summed E-state index contributed by atoms with van der Waals surface area (Å²) in [6.07, 6.45) is 0. The number of amides is 1. The SMILES string of the molecule is CCNC(C(N)=O)c1cccc(F)c1. The van der Waals surface area contributed by atoms with E-state index in [0.29, 0.717) is 12.1 Å². The van der Waals surface area contributed by atoms with Gasteiger partial charge in [-0.2, -0.15) is 0 Å². The molecule has 1 atom stereocenters. The van der Waals surface area contributed by atoms with E-state index < -0.39 is 11.9 Å². The van der Waals surface area contributed by atoms with Gasteiger partial charge in [-0.25, -0.2) is 4.39 Å². The highest BCUT2D eigenvalue weighted by molar-refractivity contribution is 5.81. The largest absolute Gasteiger partial charge is 0.368 e. The smallest absolute Gasteiger partial charge is 0.239 e. The van der Waals surface area contributed by atoms with Crippen molar-refractivity contribution >= 4 is 5.91 Å². The van der Waals surface area contributed by atoms with Crippen molar-refractivity contribution in [3.05, 3.63) is 35.6 Å². The number of hydrogen-bond acceptors (Lipinski definition) is 2. The molecule has 3 N–H and O–H groups in total. The third-order valence-corrected chi connectivity index (χ3v) is 1.87. The molecule has 14 heavy (non-hydrogen) atoms.